The highest BCUT2D eigenvalue weighted by molar-refractivity contribution is 5.32. The molecule has 200 valence electrons. The molecule has 1 aromatic heterocycles. The molecule has 4 heteroatoms. The van der Waals surface area contributed by atoms with E-state index in [1.165, 1.54) is 29.8 Å². The molecule has 0 aromatic carbocycles. The maximum Gasteiger partial charge on any atom is 0.0678 e. The Morgan fingerprint density at radius 1 is 1.03 bits per heavy atom. The van der Waals surface area contributed by atoms with Gasteiger partial charge in [0.15, 0.2) is 0 Å². The van der Waals surface area contributed by atoms with Crippen molar-refractivity contribution in [3.8, 4) is 0 Å². The van der Waals surface area contributed by atoms with E-state index in [-0.39, 0.29) is 39.6 Å². The van der Waals surface area contributed by atoms with Crippen LogP contribution in [0.3, 0.4) is 0 Å². The van der Waals surface area contributed by atoms with E-state index in [0.717, 1.165) is 38.5 Å². The molecule has 2 N–H and O–H groups in total. The number of hydrogen-bond donors (Lipinski definition) is 2. The number of aliphatic hydroxyl groups is 2. The molecule has 36 heavy (non-hydrogen) atoms. The lowest BCUT2D eigenvalue weighted by Gasteiger charge is -2.69. The quantitative estimate of drug-likeness (QED) is 0.460. The molecule has 0 saturated heterocycles. The molecular weight excluding hydrogens is 444 g/mol. The van der Waals surface area contributed by atoms with Gasteiger partial charge in [0.1, 0.15) is 0 Å². The fourth-order valence-corrected chi connectivity index (χ4v) is 10.7. The van der Waals surface area contributed by atoms with Gasteiger partial charge in [0.2, 0.25) is 0 Å². The number of allylic oxidation sites excluding steroid dienone is 2. The van der Waals surface area contributed by atoms with Gasteiger partial charge in [-0.1, -0.05) is 46.3 Å². The van der Waals surface area contributed by atoms with Gasteiger partial charge < -0.3 is 10.2 Å². The first-order valence-electron chi connectivity index (χ1n) is 14.5. The Morgan fingerprint density at radius 2 is 1.69 bits per heavy atom. The normalized spacial score (nSPS) is 44.4. The molecule has 5 rings (SSSR count). The number of fused-ring (bicyclic) bond motifs is 6. The maximum absolute atomic E-state index is 11.9. The van der Waals surface area contributed by atoms with Gasteiger partial charge in [-0.3, -0.25) is 9.97 Å². The van der Waals surface area contributed by atoms with E-state index in [0.29, 0.717) is 11.8 Å². The number of aliphatic hydroxyl groups excluding tert-OH is 1. The van der Waals surface area contributed by atoms with Gasteiger partial charge in [0, 0.05) is 17.8 Å². The largest absolute Gasteiger partial charge is 0.393 e. The molecule has 0 aliphatic heterocycles. The molecule has 3 saturated carbocycles. The van der Waals surface area contributed by atoms with Crippen LogP contribution in [0.4, 0.5) is 0 Å². The van der Waals surface area contributed by atoms with Crippen molar-refractivity contribution in [2.75, 3.05) is 0 Å². The van der Waals surface area contributed by atoms with Crippen molar-refractivity contribution in [2.45, 2.75) is 124 Å². The lowest BCUT2D eigenvalue weighted by atomic mass is 9.35. The van der Waals surface area contributed by atoms with Crippen LogP contribution in [0.2, 0.25) is 0 Å². The molecule has 0 amide bonds. The molecule has 4 nitrogen and oxygen atoms in total. The summed E-state index contributed by atoms with van der Waals surface area (Å²) in [6.45, 7) is 18.6. The van der Waals surface area contributed by atoms with E-state index in [2.05, 4.69) is 54.5 Å². The van der Waals surface area contributed by atoms with E-state index >= 15 is 0 Å². The monoisotopic (exact) mass is 494 g/mol. The highest BCUT2D eigenvalue weighted by Gasteiger charge is 2.71. The maximum atomic E-state index is 11.9. The van der Waals surface area contributed by atoms with Gasteiger partial charge in [-0.05, 0) is 112 Å². The van der Waals surface area contributed by atoms with E-state index in [1.807, 2.05) is 19.3 Å². The van der Waals surface area contributed by atoms with Gasteiger partial charge in [-0.25, -0.2) is 0 Å². The van der Waals surface area contributed by atoms with Crippen LogP contribution in [-0.4, -0.2) is 31.9 Å². The molecule has 1 aromatic rings. The van der Waals surface area contributed by atoms with Crippen molar-refractivity contribution in [3.05, 3.63) is 35.4 Å². The molecule has 0 spiro atoms. The zero-order valence-electron chi connectivity index (χ0n) is 24.1. The molecular formula is C32H50N2O2. The van der Waals surface area contributed by atoms with E-state index in [4.69, 9.17) is 9.97 Å². The zero-order valence-corrected chi connectivity index (χ0v) is 24.1. The van der Waals surface area contributed by atoms with Crippen molar-refractivity contribution < 1.29 is 10.2 Å². The van der Waals surface area contributed by atoms with Crippen LogP contribution in [0.15, 0.2) is 24.0 Å². The standard InChI is InChI=1S/C32H50N2O2/c1-20(2)10-9-13-32(8,36)21-11-14-31(7)26(21)23(35)18-25-29(5)19-22-27(34-17-16-33-22)28(3,4)24(29)12-15-30(25,31)6/h10,16-17,21,23-26,35-36H,9,11-15,18-19H2,1-8H3/t21-,23+,24-,25+,26-,29-,30+,31+,32-/m0/s1. The van der Waals surface area contributed by atoms with Crippen LogP contribution in [0.5, 0.6) is 0 Å². The third-order valence-corrected chi connectivity index (χ3v) is 12.5. The molecule has 0 radical (unpaired) electrons. The summed E-state index contributed by atoms with van der Waals surface area (Å²) in [6, 6.07) is 0. The minimum absolute atomic E-state index is 0.0204. The number of hydrogen-bond acceptors (Lipinski definition) is 4. The van der Waals surface area contributed by atoms with Crippen molar-refractivity contribution in [2.24, 2.45) is 39.9 Å². The molecule has 3 fully saturated rings. The summed E-state index contributed by atoms with van der Waals surface area (Å²) < 4.78 is 0. The second-order valence-corrected chi connectivity index (χ2v) is 14.9. The Bertz CT molecular complexity index is 1040. The Labute approximate surface area is 219 Å². The first-order chi connectivity index (χ1) is 16.7. The third-order valence-electron chi connectivity index (χ3n) is 12.5. The fraction of sp³-hybridized carbons (Fsp3) is 0.812. The molecule has 1 heterocycles. The summed E-state index contributed by atoms with van der Waals surface area (Å²) >= 11 is 0. The average Bonchev–Trinajstić information content (AvgIpc) is 3.16. The predicted molar refractivity (Wildman–Crippen MR) is 145 cm³/mol. The first-order valence-corrected chi connectivity index (χ1v) is 14.5. The molecule has 4 aliphatic carbocycles. The smallest absolute Gasteiger partial charge is 0.0678 e. The van der Waals surface area contributed by atoms with Crippen molar-refractivity contribution >= 4 is 0 Å². The van der Waals surface area contributed by atoms with Crippen molar-refractivity contribution in [3.63, 3.8) is 0 Å². The van der Waals surface area contributed by atoms with Crippen LogP contribution in [0.1, 0.15) is 112 Å². The summed E-state index contributed by atoms with van der Waals surface area (Å²) in [6.07, 6.45) is 13.6. The first kappa shape index (κ1) is 26.4. The molecule has 4 aliphatic rings. The Kier molecular flexibility index (Phi) is 6.13. The fourth-order valence-electron chi connectivity index (χ4n) is 10.7. The summed E-state index contributed by atoms with van der Waals surface area (Å²) in [7, 11) is 0. The summed E-state index contributed by atoms with van der Waals surface area (Å²) in [5.41, 5.74) is 3.14. The minimum atomic E-state index is -0.749. The second kappa shape index (κ2) is 8.37. The molecule has 9 atom stereocenters. The number of rotatable bonds is 4. The van der Waals surface area contributed by atoms with E-state index in [1.54, 1.807) is 0 Å². The molecule has 0 bridgehead atoms. The Balaban J connectivity index is 1.51. The van der Waals surface area contributed by atoms with Gasteiger partial charge in [0.25, 0.3) is 0 Å². The summed E-state index contributed by atoms with van der Waals surface area (Å²) in [5.74, 6) is 1.28. The van der Waals surface area contributed by atoms with Gasteiger partial charge >= 0.3 is 0 Å². The lowest BCUT2D eigenvalue weighted by Crippen LogP contribution is -2.66. The zero-order chi connectivity index (χ0) is 26.3. The second-order valence-electron chi connectivity index (χ2n) is 14.9. The average molecular weight is 495 g/mol. The Hall–Kier alpha value is -1.26. The lowest BCUT2D eigenvalue weighted by molar-refractivity contribution is -0.223. The summed E-state index contributed by atoms with van der Waals surface area (Å²) in [5, 5.41) is 23.7. The SMILES string of the molecule is CC(C)=CCC[C@](C)(O)[C@H]1CC[C@]2(C)[C@@H]1[C@H](O)C[C@@H]1[C@@]3(C)Cc4nccnc4C(C)(C)[C@@H]3CC[C@]12C. The van der Waals surface area contributed by atoms with E-state index < -0.39 is 5.60 Å². The Morgan fingerprint density at radius 3 is 2.39 bits per heavy atom. The predicted octanol–water partition coefficient (Wildman–Crippen LogP) is 6.64. The number of aromatic nitrogens is 2. The van der Waals surface area contributed by atoms with Crippen LogP contribution < -0.4 is 0 Å². The van der Waals surface area contributed by atoms with Gasteiger partial charge in [-0.15, -0.1) is 0 Å². The highest BCUT2D eigenvalue weighted by atomic mass is 16.3. The minimum Gasteiger partial charge on any atom is -0.393 e. The van der Waals surface area contributed by atoms with Gasteiger partial charge in [-0.2, -0.15) is 0 Å². The highest BCUT2D eigenvalue weighted by Crippen LogP contribution is 2.75. The van der Waals surface area contributed by atoms with Crippen LogP contribution in [0.25, 0.3) is 0 Å². The van der Waals surface area contributed by atoms with Gasteiger partial charge in [0.05, 0.1) is 23.1 Å². The van der Waals surface area contributed by atoms with Crippen molar-refractivity contribution in [1.29, 1.82) is 0 Å². The van der Waals surface area contributed by atoms with Crippen LogP contribution in [-0.2, 0) is 11.8 Å². The van der Waals surface area contributed by atoms with Crippen molar-refractivity contribution in [1.82, 2.24) is 9.97 Å². The molecule has 0 unspecified atom stereocenters. The summed E-state index contributed by atoms with van der Waals surface area (Å²) in [4.78, 5) is 9.66. The number of nitrogens with zero attached hydrogens (tertiary/aromatic N) is 2. The van der Waals surface area contributed by atoms with E-state index in [9.17, 15) is 10.2 Å². The van der Waals surface area contributed by atoms with Crippen LogP contribution >= 0.6 is 0 Å². The third kappa shape index (κ3) is 3.52. The topological polar surface area (TPSA) is 66.2 Å². The van der Waals surface area contributed by atoms with Crippen LogP contribution in [0, 0.1) is 39.9 Å².